The molecule has 1 aromatic rings. The van der Waals surface area contributed by atoms with Crippen LogP contribution in [-0.2, 0) is 13.2 Å². The molecule has 0 aliphatic carbocycles. The highest BCUT2D eigenvalue weighted by Crippen LogP contribution is 1.94. The molecule has 0 aromatic carbocycles. The lowest BCUT2D eigenvalue weighted by molar-refractivity contribution is -0.395. The fraction of sp³-hybridized carbons (Fsp3) is 0.286. The van der Waals surface area contributed by atoms with Crippen LogP contribution in [0.15, 0.2) is 18.3 Å². The first kappa shape index (κ1) is 7.18. The Morgan fingerprint density at radius 1 is 1.20 bits per heavy atom. The maximum Gasteiger partial charge on any atom is 0.205 e. The minimum Gasteiger partial charge on any atom is -0.391 e. The van der Waals surface area contributed by atoms with Gasteiger partial charge < -0.3 is 10.2 Å². The summed E-state index contributed by atoms with van der Waals surface area (Å²) >= 11 is 0. The van der Waals surface area contributed by atoms with E-state index in [0.29, 0.717) is 0 Å². The summed E-state index contributed by atoms with van der Waals surface area (Å²) in [4.78, 5) is 2.83. The van der Waals surface area contributed by atoms with Crippen LogP contribution in [0.1, 0.15) is 11.3 Å². The molecule has 3 N–H and O–H groups in total. The molecule has 1 heterocycles. The van der Waals surface area contributed by atoms with E-state index in [2.05, 4.69) is 4.98 Å². The molecule has 0 saturated heterocycles. The summed E-state index contributed by atoms with van der Waals surface area (Å²) in [5.74, 6) is 0. The molecule has 54 valence electrons. The van der Waals surface area contributed by atoms with Gasteiger partial charge in [-0.1, -0.05) is 0 Å². The van der Waals surface area contributed by atoms with Crippen molar-refractivity contribution >= 4 is 0 Å². The summed E-state index contributed by atoms with van der Waals surface area (Å²) in [6, 6.07) is 3.51. The normalized spacial score (nSPS) is 9.80. The number of aliphatic hydroxyl groups excluding tert-OH is 2. The highest BCUT2D eigenvalue weighted by atomic mass is 16.3. The third-order valence-corrected chi connectivity index (χ3v) is 1.29. The summed E-state index contributed by atoms with van der Waals surface area (Å²) < 4.78 is 0. The zero-order valence-electron chi connectivity index (χ0n) is 5.54. The number of rotatable bonds is 2. The number of hydrogen-bond acceptors (Lipinski definition) is 2. The van der Waals surface area contributed by atoms with Crippen molar-refractivity contribution in [3.63, 3.8) is 0 Å². The molecule has 3 nitrogen and oxygen atoms in total. The predicted octanol–water partition coefficient (Wildman–Crippen LogP) is -0.515. The van der Waals surface area contributed by atoms with Crippen LogP contribution in [0, 0.1) is 0 Å². The second-order valence-corrected chi connectivity index (χ2v) is 2.04. The third kappa shape index (κ3) is 1.52. The van der Waals surface area contributed by atoms with Crippen molar-refractivity contribution in [1.29, 1.82) is 0 Å². The second-order valence-electron chi connectivity index (χ2n) is 2.04. The molecule has 0 fully saturated rings. The van der Waals surface area contributed by atoms with Crippen molar-refractivity contribution in [3.8, 4) is 0 Å². The summed E-state index contributed by atoms with van der Waals surface area (Å²) in [6.07, 6.45) is 1.67. The summed E-state index contributed by atoms with van der Waals surface area (Å²) in [5.41, 5.74) is 1.56. The van der Waals surface area contributed by atoms with Crippen molar-refractivity contribution in [1.82, 2.24) is 0 Å². The Hall–Kier alpha value is -0.930. The maximum atomic E-state index is 8.62. The Morgan fingerprint density at radius 3 is 2.40 bits per heavy atom. The van der Waals surface area contributed by atoms with Crippen LogP contribution in [0.5, 0.6) is 0 Å². The van der Waals surface area contributed by atoms with E-state index >= 15 is 0 Å². The molecule has 3 heteroatoms. The highest BCUT2D eigenvalue weighted by Gasteiger charge is 1.97. The van der Waals surface area contributed by atoms with Gasteiger partial charge in [-0.3, -0.25) is 0 Å². The smallest absolute Gasteiger partial charge is 0.205 e. The molecule has 1 rings (SSSR count). The van der Waals surface area contributed by atoms with Gasteiger partial charge in [-0.15, -0.1) is 0 Å². The Labute approximate surface area is 59.0 Å². The zero-order chi connectivity index (χ0) is 7.40. The minimum atomic E-state index is 0.00566. The Bertz CT molecular complexity index is 172. The molecule has 0 radical (unpaired) electrons. The van der Waals surface area contributed by atoms with Crippen LogP contribution in [-0.4, -0.2) is 10.2 Å². The fourth-order valence-corrected chi connectivity index (χ4v) is 0.686. The van der Waals surface area contributed by atoms with Crippen LogP contribution >= 0.6 is 0 Å². The summed E-state index contributed by atoms with van der Waals surface area (Å²) in [7, 11) is 0. The van der Waals surface area contributed by atoms with Gasteiger partial charge in [0.25, 0.3) is 0 Å². The van der Waals surface area contributed by atoms with E-state index in [1.807, 2.05) is 0 Å². The number of pyridine rings is 1. The average molecular weight is 140 g/mol. The van der Waals surface area contributed by atoms with E-state index in [1.54, 1.807) is 18.3 Å². The van der Waals surface area contributed by atoms with Gasteiger partial charge in [-0.2, -0.15) is 0 Å². The lowest BCUT2D eigenvalue weighted by Gasteiger charge is -1.90. The van der Waals surface area contributed by atoms with Gasteiger partial charge in [0.15, 0.2) is 6.20 Å². The first-order chi connectivity index (χ1) is 4.86. The molecule has 0 saturated carbocycles. The second kappa shape index (κ2) is 3.29. The number of aromatic amines is 1. The highest BCUT2D eigenvalue weighted by molar-refractivity contribution is 5.07. The zero-order valence-corrected chi connectivity index (χ0v) is 5.54. The van der Waals surface area contributed by atoms with Crippen molar-refractivity contribution < 1.29 is 15.2 Å². The monoisotopic (exact) mass is 140 g/mol. The van der Waals surface area contributed by atoms with Gasteiger partial charge >= 0.3 is 0 Å². The Morgan fingerprint density at radius 2 is 2.00 bits per heavy atom. The fourth-order valence-electron chi connectivity index (χ4n) is 0.686. The number of aliphatic hydroxyl groups is 2. The molecular formula is C7H10NO2+. The SMILES string of the molecule is OCc1ccc(CO)[nH+]c1. The molecular weight excluding hydrogens is 130 g/mol. The molecule has 0 spiro atoms. The third-order valence-electron chi connectivity index (χ3n) is 1.29. The quantitative estimate of drug-likeness (QED) is 0.581. The van der Waals surface area contributed by atoms with Gasteiger partial charge in [-0.05, 0) is 6.07 Å². The van der Waals surface area contributed by atoms with E-state index < -0.39 is 0 Å². The molecule has 0 bridgehead atoms. The van der Waals surface area contributed by atoms with Gasteiger partial charge in [0.1, 0.15) is 6.61 Å². The minimum absolute atomic E-state index is 0.00566. The Kier molecular flexibility index (Phi) is 2.36. The predicted molar refractivity (Wildman–Crippen MR) is 34.8 cm³/mol. The van der Waals surface area contributed by atoms with Crippen LogP contribution in [0.2, 0.25) is 0 Å². The van der Waals surface area contributed by atoms with Crippen molar-refractivity contribution in [2.75, 3.05) is 0 Å². The largest absolute Gasteiger partial charge is 0.391 e. The molecule has 0 atom stereocenters. The summed E-state index contributed by atoms with van der Waals surface area (Å²) in [5, 5.41) is 17.2. The van der Waals surface area contributed by atoms with E-state index in [9.17, 15) is 0 Å². The lowest BCUT2D eigenvalue weighted by atomic mass is 10.3. The summed E-state index contributed by atoms with van der Waals surface area (Å²) in [6.45, 7) is 0.0356. The standard InChI is InChI=1S/C7H9NO2/c9-4-6-1-2-7(5-10)8-3-6/h1-3,9-10H,4-5H2/p+1. The number of H-pyrrole nitrogens is 1. The van der Waals surface area contributed by atoms with Crippen LogP contribution in [0.3, 0.4) is 0 Å². The molecule has 0 amide bonds. The molecule has 0 unspecified atom stereocenters. The van der Waals surface area contributed by atoms with Gasteiger partial charge in [-0.25, -0.2) is 4.98 Å². The van der Waals surface area contributed by atoms with Crippen LogP contribution < -0.4 is 4.98 Å². The van der Waals surface area contributed by atoms with Gasteiger partial charge in [0.05, 0.1) is 6.61 Å². The first-order valence-corrected chi connectivity index (χ1v) is 3.08. The van der Waals surface area contributed by atoms with Crippen molar-refractivity contribution in [2.24, 2.45) is 0 Å². The van der Waals surface area contributed by atoms with E-state index in [0.717, 1.165) is 11.3 Å². The van der Waals surface area contributed by atoms with Crippen LogP contribution in [0.25, 0.3) is 0 Å². The van der Waals surface area contributed by atoms with Crippen LogP contribution in [0.4, 0.5) is 0 Å². The lowest BCUT2D eigenvalue weighted by Crippen LogP contribution is -2.10. The van der Waals surface area contributed by atoms with Crippen molar-refractivity contribution in [3.05, 3.63) is 29.6 Å². The van der Waals surface area contributed by atoms with Crippen molar-refractivity contribution in [2.45, 2.75) is 13.2 Å². The number of nitrogens with one attached hydrogen (secondary N) is 1. The average Bonchev–Trinajstić information content (AvgIpc) is 2.05. The molecule has 10 heavy (non-hydrogen) atoms. The van der Waals surface area contributed by atoms with Gasteiger partial charge in [0.2, 0.25) is 5.69 Å². The van der Waals surface area contributed by atoms with Gasteiger partial charge in [0, 0.05) is 11.6 Å². The number of hydrogen-bond donors (Lipinski definition) is 2. The molecule has 1 aromatic heterocycles. The molecule has 0 aliphatic heterocycles. The topological polar surface area (TPSA) is 54.6 Å². The van der Waals surface area contributed by atoms with E-state index in [-0.39, 0.29) is 13.2 Å². The Balaban J connectivity index is 2.80. The first-order valence-electron chi connectivity index (χ1n) is 3.08. The van der Waals surface area contributed by atoms with E-state index in [4.69, 9.17) is 10.2 Å². The maximum absolute atomic E-state index is 8.62. The van der Waals surface area contributed by atoms with E-state index in [1.165, 1.54) is 0 Å². The molecule has 0 aliphatic rings. The number of aromatic nitrogens is 1.